The maximum atomic E-state index is 12.3. The summed E-state index contributed by atoms with van der Waals surface area (Å²) < 4.78 is 19.0. The Hall–Kier alpha value is -1.73. The standard InChI is InChI=1S/C15H18O6S/c1-18-11-6-4-10(5-7-11)12-15(13(16)19-2,14(17)20-3)22-9-8-21-12/h4-7,12H,8-9H2,1-3H3. The normalized spacial score (nSPS) is 20.0. The Morgan fingerprint density at radius 1 is 1.14 bits per heavy atom. The van der Waals surface area contributed by atoms with Crippen LogP contribution in [0.25, 0.3) is 0 Å². The second kappa shape index (κ2) is 7.02. The highest BCUT2D eigenvalue weighted by Gasteiger charge is 2.58. The van der Waals surface area contributed by atoms with Crippen LogP contribution in [0.5, 0.6) is 5.75 Å². The van der Waals surface area contributed by atoms with Crippen molar-refractivity contribution < 1.29 is 28.5 Å². The molecular formula is C15H18O6S. The zero-order valence-electron chi connectivity index (χ0n) is 12.7. The van der Waals surface area contributed by atoms with Crippen LogP contribution >= 0.6 is 11.8 Å². The summed E-state index contributed by atoms with van der Waals surface area (Å²) in [4.78, 5) is 24.7. The molecule has 1 aliphatic rings. The van der Waals surface area contributed by atoms with Crippen LogP contribution in [-0.2, 0) is 23.8 Å². The Bertz CT molecular complexity index is 525. The maximum Gasteiger partial charge on any atom is 0.336 e. The molecule has 22 heavy (non-hydrogen) atoms. The first kappa shape index (κ1) is 16.6. The second-order valence-electron chi connectivity index (χ2n) is 4.59. The van der Waals surface area contributed by atoms with Crippen molar-refractivity contribution in [3.05, 3.63) is 29.8 Å². The first-order chi connectivity index (χ1) is 10.6. The second-order valence-corrected chi connectivity index (χ2v) is 5.93. The van der Waals surface area contributed by atoms with Gasteiger partial charge in [-0.1, -0.05) is 12.1 Å². The molecule has 0 radical (unpaired) electrons. The van der Waals surface area contributed by atoms with Gasteiger partial charge in [0, 0.05) is 5.75 Å². The predicted octanol–water partition coefficient (Wildman–Crippen LogP) is 1.58. The molecule has 0 aromatic heterocycles. The summed E-state index contributed by atoms with van der Waals surface area (Å²) in [5.74, 6) is -0.180. The van der Waals surface area contributed by atoms with Crippen LogP contribution in [0.2, 0.25) is 0 Å². The molecule has 2 rings (SSSR count). The molecule has 1 fully saturated rings. The van der Waals surface area contributed by atoms with Gasteiger partial charge in [0.25, 0.3) is 0 Å². The molecule has 1 aromatic carbocycles. The lowest BCUT2D eigenvalue weighted by Gasteiger charge is -2.38. The molecular weight excluding hydrogens is 308 g/mol. The Balaban J connectivity index is 2.47. The van der Waals surface area contributed by atoms with Crippen LogP contribution in [0.1, 0.15) is 11.7 Å². The number of esters is 2. The van der Waals surface area contributed by atoms with Crippen molar-refractivity contribution in [2.45, 2.75) is 10.9 Å². The minimum atomic E-state index is -1.56. The Morgan fingerprint density at radius 3 is 2.23 bits per heavy atom. The van der Waals surface area contributed by atoms with Crippen molar-refractivity contribution in [3.8, 4) is 5.75 Å². The Labute approximate surface area is 133 Å². The van der Waals surface area contributed by atoms with E-state index in [1.165, 1.54) is 26.0 Å². The molecule has 1 saturated heterocycles. The van der Waals surface area contributed by atoms with Crippen molar-refractivity contribution in [3.63, 3.8) is 0 Å². The SMILES string of the molecule is COC(=O)C1(C(=O)OC)SCCOC1c1ccc(OC)cc1. The van der Waals surface area contributed by atoms with Gasteiger partial charge in [0.1, 0.15) is 11.9 Å². The fraction of sp³-hybridized carbons (Fsp3) is 0.467. The van der Waals surface area contributed by atoms with Gasteiger partial charge in [-0.2, -0.15) is 0 Å². The van der Waals surface area contributed by atoms with Crippen molar-refractivity contribution in [2.24, 2.45) is 0 Å². The Kier molecular flexibility index (Phi) is 5.31. The molecule has 0 amide bonds. The number of hydrogen-bond acceptors (Lipinski definition) is 7. The first-order valence-electron chi connectivity index (χ1n) is 6.66. The molecule has 0 spiro atoms. The van der Waals surface area contributed by atoms with E-state index in [-0.39, 0.29) is 0 Å². The van der Waals surface area contributed by atoms with E-state index in [0.29, 0.717) is 23.7 Å². The lowest BCUT2D eigenvalue weighted by atomic mass is 9.94. The van der Waals surface area contributed by atoms with Gasteiger partial charge in [-0.05, 0) is 17.7 Å². The summed E-state index contributed by atoms with van der Waals surface area (Å²) >= 11 is 1.18. The van der Waals surface area contributed by atoms with Crippen LogP contribution in [0.4, 0.5) is 0 Å². The summed E-state index contributed by atoms with van der Waals surface area (Å²) in [6.45, 7) is 0.428. The molecule has 0 aliphatic carbocycles. The van der Waals surface area contributed by atoms with Crippen LogP contribution in [0.15, 0.2) is 24.3 Å². The molecule has 0 N–H and O–H groups in total. The minimum Gasteiger partial charge on any atom is -0.497 e. The van der Waals surface area contributed by atoms with Gasteiger partial charge in [-0.15, -0.1) is 11.8 Å². The molecule has 7 heteroatoms. The van der Waals surface area contributed by atoms with E-state index in [2.05, 4.69) is 0 Å². The monoisotopic (exact) mass is 326 g/mol. The number of hydrogen-bond donors (Lipinski definition) is 0. The number of ether oxygens (including phenoxy) is 4. The smallest absolute Gasteiger partial charge is 0.336 e. The number of thioether (sulfide) groups is 1. The third-order valence-corrected chi connectivity index (χ3v) is 4.84. The number of carbonyl (C=O) groups is 2. The lowest BCUT2D eigenvalue weighted by Crippen LogP contribution is -2.53. The van der Waals surface area contributed by atoms with Crippen molar-refractivity contribution in [1.29, 1.82) is 0 Å². The van der Waals surface area contributed by atoms with Gasteiger partial charge >= 0.3 is 11.9 Å². The fourth-order valence-corrected chi connectivity index (χ4v) is 3.65. The molecule has 1 heterocycles. The maximum absolute atomic E-state index is 12.3. The van der Waals surface area contributed by atoms with Crippen LogP contribution < -0.4 is 4.74 Å². The number of carbonyl (C=O) groups excluding carboxylic acids is 2. The lowest BCUT2D eigenvalue weighted by molar-refractivity contribution is -0.163. The van der Waals surface area contributed by atoms with Gasteiger partial charge in [0.05, 0.1) is 27.9 Å². The molecule has 120 valence electrons. The van der Waals surface area contributed by atoms with E-state index < -0.39 is 22.8 Å². The van der Waals surface area contributed by atoms with Gasteiger partial charge in [0.2, 0.25) is 4.75 Å². The zero-order chi connectivity index (χ0) is 16.2. The minimum absolute atomic E-state index is 0.428. The third-order valence-electron chi connectivity index (χ3n) is 3.46. The van der Waals surface area contributed by atoms with E-state index >= 15 is 0 Å². The molecule has 6 nitrogen and oxygen atoms in total. The number of benzene rings is 1. The molecule has 1 aromatic rings. The van der Waals surface area contributed by atoms with Crippen molar-refractivity contribution in [1.82, 2.24) is 0 Å². The van der Waals surface area contributed by atoms with Crippen LogP contribution in [-0.4, -0.2) is 50.4 Å². The van der Waals surface area contributed by atoms with Gasteiger partial charge in [0.15, 0.2) is 0 Å². The summed E-state index contributed by atoms with van der Waals surface area (Å²) in [7, 11) is 4.05. The van der Waals surface area contributed by atoms with Crippen LogP contribution in [0.3, 0.4) is 0 Å². The van der Waals surface area contributed by atoms with E-state index in [9.17, 15) is 9.59 Å². The molecule has 0 saturated carbocycles. The van der Waals surface area contributed by atoms with Gasteiger partial charge in [-0.25, -0.2) is 9.59 Å². The average Bonchev–Trinajstić information content (AvgIpc) is 2.60. The molecule has 1 unspecified atom stereocenters. The Morgan fingerprint density at radius 2 is 1.73 bits per heavy atom. The predicted molar refractivity (Wildman–Crippen MR) is 80.9 cm³/mol. The average molecular weight is 326 g/mol. The molecule has 0 bridgehead atoms. The van der Waals surface area contributed by atoms with E-state index in [1.54, 1.807) is 31.4 Å². The highest BCUT2D eigenvalue weighted by atomic mass is 32.2. The summed E-state index contributed by atoms with van der Waals surface area (Å²) in [6.07, 6.45) is -0.781. The highest BCUT2D eigenvalue weighted by molar-refractivity contribution is 8.02. The number of rotatable bonds is 4. The fourth-order valence-electron chi connectivity index (χ4n) is 2.39. The quantitative estimate of drug-likeness (QED) is 0.614. The highest BCUT2D eigenvalue weighted by Crippen LogP contribution is 2.45. The number of methoxy groups -OCH3 is 3. The summed E-state index contributed by atoms with van der Waals surface area (Å²) in [6, 6.07) is 7.01. The topological polar surface area (TPSA) is 71.1 Å². The van der Waals surface area contributed by atoms with E-state index in [0.717, 1.165) is 0 Å². The zero-order valence-corrected chi connectivity index (χ0v) is 13.5. The van der Waals surface area contributed by atoms with Crippen molar-refractivity contribution in [2.75, 3.05) is 33.7 Å². The molecule has 1 atom stereocenters. The largest absolute Gasteiger partial charge is 0.497 e. The van der Waals surface area contributed by atoms with Crippen molar-refractivity contribution >= 4 is 23.7 Å². The third kappa shape index (κ3) is 2.78. The first-order valence-corrected chi connectivity index (χ1v) is 7.65. The van der Waals surface area contributed by atoms with Crippen LogP contribution in [0, 0.1) is 0 Å². The molecule has 1 aliphatic heterocycles. The van der Waals surface area contributed by atoms with E-state index in [1.807, 2.05) is 0 Å². The van der Waals surface area contributed by atoms with Gasteiger partial charge in [-0.3, -0.25) is 0 Å². The summed E-state index contributed by atoms with van der Waals surface area (Å²) in [5, 5.41) is 0. The van der Waals surface area contributed by atoms with E-state index in [4.69, 9.17) is 18.9 Å². The summed E-state index contributed by atoms with van der Waals surface area (Å²) in [5.41, 5.74) is 0.684. The van der Waals surface area contributed by atoms with Gasteiger partial charge < -0.3 is 18.9 Å².